The summed E-state index contributed by atoms with van der Waals surface area (Å²) in [6.07, 6.45) is 5.41. The van der Waals surface area contributed by atoms with Crippen molar-refractivity contribution in [1.82, 2.24) is 36.4 Å². The molecule has 5 atom stereocenters. The maximum absolute atomic E-state index is 15.1. The van der Waals surface area contributed by atoms with E-state index in [1.54, 1.807) is 65.4 Å². The molecule has 0 bridgehead atoms. The van der Waals surface area contributed by atoms with Crippen molar-refractivity contribution in [2.45, 2.75) is 123 Å². The number of urea groups is 1. The molecule has 0 unspecified atom stereocenters. The van der Waals surface area contributed by atoms with Crippen LogP contribution in [0.3, 0.4) is 0 Å². The smallest absolute Gasteiger partial charge is 0.312 e. The Morgan fingerprint density at radius 3 is 1.97 bits per heavy atom. The van der Waals surface area contributed by atoms with Crippen LogP contribution >= 0.6 is 0 Å². The average Bonchev–Trinajstić information content (AvgIpc) is 1.60. The zero-order valence-electron chi connectivity index (χ0n) is 70.7. The summed E-state index contributed by atoms with van der Waals surface area (Å²) in [5, 5.41) is 28.9. The minimum absolute atomic E-state index is 0.0137. The minimum Gasteiger partial charge on any atom is -0.496 e. The van der Waals surface area contributed by atoms with Crippen LogP contribution in [-0.2, 0) is 61.0 Å². The summed E-state index contributed by atoms with van der Waals surface area (Å²) in [6, 6.07) is 53.0. The standard InChI is InChI=1S/C95H108N12O16/c1-9-76(66-19-12-10-13-20-66)87(69-34-41-75(42-35-69)123-59-64-25-37-73(38-26-64)101-92(115)72(22-18-47-100-95(97)118)56-81(108)88(61(2)3)102-83(109)24-14-11-17-49-105-84(110)45-46-85(105)111)68-32-39-74(40-33-68)122-52-50-104(7)86(112)60-121-54-53-120-51-48-99-91(114)70-28-30-71(31-29-70)93(116)107-63(5)89(103-90(113)62(4)98-6)94(117)106(79-43-27-65(57-96)55-80(79)107)58-78-77-23-16-15-21-67(77)36-44-82(78)119-8/h10,12-13,15-16,19-21,23,25-46,55,61-63,72,88-89,98H,9,11,14,17-18,22,24,47-54,56,58-60H2,1-8H3,(H,99,114)(H,101,115)(H,102,109)(H,103,113)(H3,97,100,118)/b87-76+/t62-,63-,72+,88-,89-/m0/s1. The van der Waals surface area contributed by atoms with Gasteiger partial charge in [-0.15, -0.1) is 0 Å². The van der Waals surface area contributed by atoms with Gasteiger partial charge in [0, 0.05) is 80.0 Å². The number of nitrogens with two attached hydrogens (primary N) is 1. The lowest BCUT2D eigenvalue weighted by Crippen LogP contribution is -2.59. The predicted octanol–water partition coefficient (Wildman–Crippen LogP) is 11.2. The number of nitrogens with zero attached hydrogens (tertiary/aromatic N) is 5. The highest BCUT2D eigenvalue weighted by atomic mass is 16.5. The normalized spacial score (nSPS) is 14.6. The number of imide groups is 1. The monoisotopic (exact) mass is 1670 g/mol. The molecular weight excluding hydrogens is 1570 g/mol. The van der Waals surface area contributed by atoms with E-state index in [2.05, 4.69) is 57.0 Å². The van der Waals surface area contributed by atoms with Gasteiger partial charge in [-0.05, 0) is 188 Å². The number of amides is 11. The van der Waals surface area contributed by atoms with E-state index >= 15 is 4.79 Å². The molecule has 0 spiro atoms. The van der Waals surface area contributed by atoms with Crippen LogP contribution in [0, 0.1) is 23.2 Å². The summed E-state index contributed by atoms with van der Waals surface area (Å²) in [4.78, 5) is 152. The molecule has 0 saturated heterocycles. The Morgan fingerprint density at radius 2 is 1.31 bits per heavy atom. The number of hydrogen-bond acceptors (Lipinski definition) is 18. The summed E-state index contributed by atoms with van der Waals surface area (Å²) in [7, 11) is 4.84. The van der Waals surface area contributed by atoms with Crippen molar-refractivity contribution in [3.63, 3.8) is 0 Å². The average molecular weight is 1670 g/mol. The second-order valence-electron chi connectivity index (χ2n) is 30.4. The number of carbonyl (C=O) groups is 11. The predicted molar refractivity (Wildman–Crippen MR) is 469 cm³/mol. The third kappa shape index (κ3) is 25.1. The molecule has 0 aromatic heterocycles. The second kappa shape index (κ2) is 45.3. The number of likely N-dealkylation sites (N-methyl/N-ethyl adjacent to an activating group) is 2. The number of ketones is 1. The van der Waals surface area contributed by atoms with Gasteiger partial charge in [-0.1, -0.05) is 124 Å². The number of carbonyl (C=O) groups excluding carboxylic acids is 11. The molecule has 28 heteroatoms. The Kier molecular flexibility index (Phi) is 33.9. The summed E-state index contributed by atoms with van der Waals surface area (Å²) in [6.45, 7) is 10.6. The van der Waals surface area contributed by atoms with Gasteiger partial charge in [0.2, 0.25) is 23.6 Å². The lowest BCUT2D eigenvalue weighted by Gasteiger charge is -2.33. The fourth-order valence-corrected chi connectivity index (χ4v) is 14.6. The molecule has 11 amide bonds. The fourth-order valence-electron chi connectivity index (χ4n) is 14.6. The van der Waals surface area contributed by atoms with Crippen LogP contribution in [0.1, 0.15) is 140 Å². The lowest BCUT2D eigenvalue weighted by atomic mass is 9.88. The van der Waals surface area contributed by atoms with E-state index in [9.17, 15) is 53.2 Å². The number of fused-ring (bicyclic) bond motifs is 2. The summed E-state index contributed by atoms with van der Waals surface area (Å²) in [5.41, 5.74) is 13.7. The van der Waals surface area contributed by atoms with Crippen LogP contribution in [0.4, 0.5) is 21.9 Å². The van der Waals surface area contributed by atoms with E-state index in [0.29, 0.717) is 59.9 Å². The van der Waals surface area contributed by atoms with E-state index in [4.69, 9.17) is 29.4 Å². The first-order valence-corrected chi connectivity index (χ1v) is 41.4. The van der Waals surface area contributed by atoms with Crippen molar-refractivity contribution in [2.24, 2.45) is 17.6 Å². The van der Waals surface area contributed by atoms with E-state index in [0.717, 1.165) is 55.5 Å². The molecule has 2 aliphatic heterocycles. The minimum atomic E-state index is -1.26. The highest BCUT2D eigenvalue weighted by molar-refractivity contribution is 6.15. The van der Waals surface area contributed by atoms with Gasteiger partial charge < -0.3 is 76.0 Å². The molecule has 0 aliphatic carbocycles. The quantitative estimate of drug-likeness (QED) is 0.0106. The van der Waals surface area contributed by atoms with Crippen LogP contribution in [0.2, 0.25) is 0 Å². The van der Waals surface area contributed by atoms with E-state index in [-0.39, 0.29) is 149 Å². The lowest BCUT2D eigenvalue weighted by molar-refractivity contribution is -0.137. The first-order valence-electron chi connectivity index (χ1n) is 41.4. The molecule has 8 N–H and O–H groups in total. The van der Waals surface area contributed by atoms with Gasteiger partial charge in [-0.3, -0.25) is 52.8 Å². The Balaban J connectivity index is 0.661. The van der Waals surface area contributed by atoms with Gasteiger partial charge in [0.25, 0.3) is 29.5 Å². The van der Waals surface area contributed by atoms with Gasteiger partial charge in [-0.2, -0.15) is 5.26 Å². The number of allylic oxidation sites excluding steroid dienone is 1. The van der Waals surface area contributed by atoms with Crippen molar-refractivity contribution in [1.29, 1.82) is 5.26 Å². The number of ether oxygens (including phenoxy) is 5. The number of primary amides is 1. The number of benzene rings is 8. The second-order valence-corrected chi connectivity index (χ2v) is 30.4. The third-order valence-electron chi connectivity index (χ3n) is 21.7. The molecule has 644 valence electrons. The van der Waals surface area contributed by atoms with Crippen LogP contribution in [0.5, 0.6) is 17.2 Å². The summed E-state index contributed by atoms with van der Waals surface area (Å²) in [5.74, 6) is -3.22. The van der Waals surface area contributed by atoms with E-state index in [1.807, 2.05) is 129 Å². The number of hydrogen-bond donors (Lipinski definition) is 7. The summed E-state index contributed by atoms with van der Waals surface area (Å²) < 4.78 is 29.6. The van der Waals surface area contributed by atoms with Crippen molar-refractivity contribution in [3.05, 3.63) is 239 Å². The fraction of sp³-hybridized carbons (Fsp3) is 0.347. The van der Waals surface area contributed by atoms with Gasteiger partial charge in [0.05, 0.1) is 81.2 Å². The molecule has 10 rings (SSSR count). The molecular formula is C95H108N12O16. The highest BCUT2D eigenvalue weighted by Gasteiger charge is 2.44. The molecule has 0 saturated carbocycles. The van der Waals surface area contributed by atoms with Gasteiger partial charge in [0.1, 0.15) is 43.1 Å². The molecule has 28 nitrogen and oxygen atoms in total. The highest BCUT2D eigenvalue weighted by Crippen LogP contribution is 2.41. The number of unbranched alkanes of at least 4 members (excludes halogenated alkanes) is 2. The molecule has 2 heterocycles. The van der Waals surface area contributed by atoms with Crippen LogP contribution in [-0.4, -0.2) is 179 Å². The maximum Gasteiger partial charge on any atom is 0.312 e. The molecule has 8 aromatic carbocycles. The van der Waals surface area contributed by atoms with Gasteiger partial charge in [0.15, 0.2) is 5.78 Å². The first kappa shape index (κ1) is 91.9. The Hall–Kier alpha value is -13.4. The molecule has 2 aliphatic rings. The van der Waals surface area contributed by atoms with Gasteiger partial charge in [-0.25, -0.2) is 4.79 Å². The number of Topliss-reactive ketones (excluding diaryl/α,β-unsaturated/α-hetero) is 1. The number of rotatable bonds is 44. The number of nitriles is 1. The number of anilines is 3. The topological polar surface area (TPSA) is 369 Å². The van der Waals surface area contributed by atoms with Crippen molar-refractivity contribution in [3.8, 4) is 23.3 Å². The SMILES string of the molecule is CC/C(=C(/c1ccc(OCCN(C)C(=O)COCCOCCNC(=O)c2ccc(C(=O)N3c4cc(C#N)ccc4N(Cc4c(OC)ccc5ccccc45)C(=O)[C@@H](NC(=O)[C@H](C)NC)[C@@H]3C)cc2)cc1)c1ccc(OCc2ccc(NC(=O)[C@H](CCCNC(N)=O)CC(=O)[C@@H](NC(=O)CCCCCN3C(=O)C=CC3=O)C(C)C)cc2)cc1)c1ccccc1. The maximum atomic E-state index is 15.1. The van der Waals surface area contributed by atoms with Crippen molar-refractivity contribution in [2.75, 3.05) is 95.5 Å². The van der Waals surface area contributed by atoms with Crippen LogP contribution < -0.4 is 61.6 Å². The number of methoxy groups -OCH3 is 1. The van der Waals surface area contributed by atoms with Crippen molar-refractivity contribution < 1.29 is 76.4 Å². The van der Waals surface area contributed by atoms with Gasteiger partial charge >= 0.3 is 6.03 Å². The zero-order valence-corrected chi connectivity index (χ0v) is 70.7. The largest absolute Gasteiger partial charge is 0.496 e. The number of nitrogens with one attached hydrogen (secondary N) is 6. The molecule has 8 aromatic rings. The Morgan fingerprint density at radius 1 is 0.650 bits per heavy atom. The van der Waals surface area contributed by atoms with Crippen LogP contribution in [0.25, 0.3) is 21.9 Å². The van der Waals surface area contributed by atoms with Crippen molar-refractivity contribution >= 4 is 104 Å². The van der Waals surface area contributed by atoms with E-state index < -0.39 is 65.7 Å². The molecule has 123 heavy (non-hydrogen) atoms. The third-order valence-corrected chi connectivity index (χ3v) is 21.7. The molecule has 0 fully saturated rings. The Labute approximate surface area is 716 Å². The Bertz CT molecular complexity index is 5150. The van der Waals surface area contributed by atoms with E-state index in [1.165, 1.54) is 51.1 Å². The first-order chi connectivity index (χ1) is 59.4. The zero-order chi connectivity index (χ0) is 88.1. The van der Waals surface area contributed by atoms with Crippen LogP contribution in [0.15, 0.2) is 194 Å². The molecule has 0 radical (unpaired) electrons. The summed E-state index contributed by atoms with van der Waals surface area (Å²) >= 11 is 0.